The minimum absolute atomic E-state index is 0.0752. The standard InChI is InChI=1S/C16H18F3NO/c17-16(18,19)12-6-4-10(5-7-12)15(21)8-14-13-3-1-2-11(13)9-20-14/h4-7,11,13-14,20H,1-3,8-9H2. The first-order chi connectivity index (χ1) is 9.95. The van der Waals surface area contributed by atoms with Crippen molar-refractivity contribution in [1.82, 2.24) is 5.32 Å². The quantitative estimate of drug-likeness (QED) is 0.863. The monoisotopic (exact) mass is 297 g/mol. The maximum atomic E-state index is 12.5. The number of carbonyl (C=O) groups is 1. The number of halogens is 3. The van der Waals surface area contributed by atoms with Crippen LogP contribution in [0.4, 0.5) is 13.2 Å². The predicted octanol–water partition coefficient (Wildman–Crippen LogP) is 3.67. The smallest absolute Gasteiger partial charge is 0.313 e. The summed E-state index contributed by atoms with van der Waals surface area (Å²) in [4.78, 5) is 12.2. The maximum Gasteiger partial charge on any atom is 0.416 e. The van der Waals surface area contributed by atoms with Crippen molar-refractivity contribution in [2.75, 3.05) is 6.54 Å². The summed E-state index contributed by atoms with van der Waals surface area (Å²) in [6, 6.07) is 4.71. The van der Waals surface area contributed by atoms with E-state index < -0.39 is 11.7 Å². The zero-order chi connectivity index (χ0) is 15.0. The predicted molar refractivity (Wildman–Crippen MR) is 73.0 cm³/mol. The second-order valence-corrected chi connectivity index (χ2v) is 6.07. The Balaban J connectivity index is 1.65. The van der Waals surface area contributed by atoms with Crippen LogP contribution in [0.1, 0.15) is 41.6 Å². The van der Waals surface area contributed by atoms with Crippen molar-refractivity contribution in [3.8, 4) is 0 Å². The highest BCUT2D eigenvalue weighted by molar-refractivity contribution is 5.96. The lowest BCUT2D eigenvalue weighted by Crippen LogP contribution is -2.29. The maximum absolute atomic E-state index is 12.5. The third kappa shape index (κ3) is 2.98. The molecule has 1 aromatic carbocycles. The molecule has 1 aliphatic carbocycles. The van der Waals surface area contributed by atoms with Gasteiger partial charge in [0, 0.05) is 18.0 Å². The van der Waals surface area contributed by atoms with Crippen molar-refractivity contribution in [3.05, 3.63) is 35.4 Å². The van der Waals surface area contributed by atoms with E-state index in [1.54, 1.807) is 0 Å². The molecule has 3 rings (SSSR count). The number of Topliss-reactive ketones (excluding diaryl/α,β-unsaturated/α-hetero) is 1. The summed E-state index contributed by atoms with van der Waals surface area (Å²) >= 11 is 0. The SMILES string of the molecule is O=C(CC1NCC2CCCC21)c1ccc(C(F)(F)F)cc1. The van der Waals surface area contributed by atoms with Crippen molar-refractivity contribution in [1.29, 1.82) is 0 Å². The highest BCUT2D eigenvalue weighted by Crippen LogP contribution is 2.39. The third-order valence-electron chi connectivity index (χ3n) is 4.82. The van der Waals surface area contributed by atoms with Gasteiger partial charge < -0.3 is 5.32 Å². The van der Waals surface area contributed by atoms with Gasteiger partial charge in [-0.05, 0) is 43.4 Å². The van der Waals surface area contributed by atoms with Crippen LogP contribution in [0.5, 0.6) is 0 Å². The van der Waals surface area contributed by atoms with E-state index in [-0.39, 0.29) is 11.8 Å². The summed E-state index contributed by atoms with van der Waals surface area (Å²) in [5.74, 6) is 1.16. The van der Waals surface area contributed by atoms with Gasteiger partial charge in [-0.2, -0.15) is 13.2 Å². The third-order valence-corrected chi connectivity index (χ3v) is 4.82. The molecule has 1 N–H and O–H groups in total. The van der Waals surface area contributed by atoms with E-state index in [1.807, 2.05) is 0 Å². The second-order valence-electron chi connectivity index (χ2n) is 6.07. The van der Waals surface area contributed by atoms with E-state index in [1.165, 1.54) is 25.0 Å². The fourth-order valence-corrected chi connectivity index (χ4v) is 3.69. The van der Waals surface area contributed by atoms with Crippen molar-refractivity contribution in [2.24, 2.45) is 11.8 Å². The number of fused-ring (bicyclic) bond motifs is 1. The van der Waals surface area contributed by atoms with Gasteiger partial charge in [-0.15, -0.1) is 0 Å². The minimum Gasteiger partial charge on any atom is -0.313 e. The van der Waals surface area contributed by atoms with Gasteiger partial charge in [0.05, 0.1) is 5.56 Å². The van der Waals surface area contributed by atoms with Crippen molar-refractivity contribution in [3.63, 3.8) is 0 Å². The largest absolute Gasteiger partial charge is 0.416 e. The average molecular weight is 297 g/mol. The molecule has 0 radical (unpaired) electrons. The van der Waals surface area contributed by atoms with E-state index in [9.17, 15) is 18.0 Å². The molecule has 1 saturated carbocycles. The lowest BCUT2D eigenvalue weighted by atomic mass is 9.90. The minimum atomic E-state index is -4.36. The van der Waals surface area contributed by atoms with Crippen LogP contribution in [-0.2, 0) is 6.18 Å². The van der Waals surface area contributed by atoms with Gasteiger partial charge >= 0.3 is 6.18 Å². The number of alkyl halides is 3. The number of carbonyl (C=O) groups excluding carboxylic acids is 1. The molecular weight excluding hydrogens is 279 g/mol. The summed E-state index contributed by atoms with van der Waals surface area (Å²) in [6.45, 7) is 0.968. The first-order valence-electron chi connectivity index (χ1n) is 7.39. The first kappa shape index (κ1) is 14.6. The second kappa shape index (κ2) is 5.44. The lowest BCUT2D eigenvalue weighted by Gasteiger charge is -2.17. The molecule has 1 saturated heterocycles. The fraction of sp³-hybridized carbons (Fsp3) is 0.562. The zero-order valence-electron chi connectivity index (χ0n) is 11.6. The molecule has 0 bridgehead atoms. The molecule has 21 heavy (non-hydrogen) atoms. The zero-order valence-corrected chi connectivity index (χ0v) is 11.6. The topological polar surface area (TPSA) is 29.1 Å². The Labute approximate surface area is 121 Å². The summed E-state index contributed by atoms with van der Waals surface area (Å²) < 4.78 is 37.5. The molecular formula is C16H18F3NO. The van der Waals surface area contributed by atoms with E-state index >= 15 is 0 Å². The Morgan fingerprint density at radius 3 is 2.57 bits per heavy atom. The molecule has 2 nitrogen and oxygen atoms in total. The molecule has 1 aromatic rings. The van der Waals surface area contributed by atoms with Crippen LogP contribution in [0.2, 0.25) is 0 Å². The van der Waals surface area contributed by atoms with Crippen LogP contribution in [0.3, 0.4) is 0 Å². The summed E-state index contributed by atoms with van der Waals surface area (Å²) in [5.41, 5.74) is -0.347. The van der Waals surface area contributed by atoms with Gasteiger partial charge in [0.1, 0.15) is 0 Å². The molecule has 0 aromatic heterocycles. The van der Waals surface area contributed by atoms with Crippen molar-refractivity contribution >= 4 is 5.78 Å². The van der Waals surface area contributed by atoms with Crippen molar-refractivity contribution in [2.45, 2.75) is 37.9 Å². The lowest BCUT2D eigenvalue weighted by molar-refractivity contribution is -0.137. The average Bonchev–Trinajstić information content (AvgIpc) is 3.03. The van der Waals surface area contributed by atoms with Gasteiger partial charge in [0.15, 0.2) is 5.78 Å². The summed E-state index contributed by atoms with van der Waals surface area (Å²) in [6.07, 6.45) is -0.370. The van der Waals surface area contributed by atoms with E-state index in [0.717, 1.165) is 25.1 Å². The van der Waals surface area contributed by atoms with Gasteiger partial charge in [-0.3, -0.25) is 4.79 Å². The van der Waals surface area contributed by atoms with Crippen LogP contribution in [0.25, 0.3) is 0 Å². The Morgan fingerprint density at radius 2 is 1.90 bits per heavy atom. The summed E-state index contributed by atoms with van der Waals surface area (Å²) in [7, 11) is 0. The Bertz CT molecular complexity index is 523. The molecule has 5 heteroatoms. The van der Waals surface area contributed by atoms with Gasteiger partial charge in [-0.1, -0.05) is 18.6 Å². The molecule has 2 fully saturated rings. The van der Waals surface area contributed by atoms with Crippen LogP contribution in [0, 0.1) is 11.8 Å². The number of hydrogen-bond acceptors (Lipinski definition) is 2. The Morgan fingerprint density at radius 1 is 1.19 bits per heavy atom. The normalized spacial score (nSPS) is 28.6. The molecule has 1 aliphatic heterocycles. The Kier molecular flexibility index (Phi) is 3.78. The number of nitrogens with one attached hydrogen (secondary N) is 1. The van der Waals surface area contributed by atoms with E-state index in [2.05, 4.69) is 5.32 Å². The van der Waals surface area contributed by atoms with Crippen molar-refractivity contribution < 1.29 is 18.0 Å². The van der Waals surface area contributed by atoms with Crippen LogP contribution in [-0.4, -0.2) is 18.4 Å². The molecule has 114 valence electrons. The molecule has 3 unspecified atom stereocenters. The Hall–Kier alpha value is -1.36. The molecule has 0 spiro atoms. The number of hydrogen-bond donors (Lipinski definition) is 1. The number of rotatable bonds is 3. The molecule has 0 amide bonds. The fourth-order valence-electron chi connectivity index (χ4n) is 3.69. The molecule has 2 aliphatic rings. The van der Waals surface area contributed by atoms with E-state index in [0.29, 0.717) is 23.8 Å². The number of benzene rings is 1. The summed E-state index contributed by atoms with van der Waals surface area (Å²) in [5, 5.41) is 3.39. The van der Waals surface area contributed by atoms with Crippen LogP contribution < -0.4 is 5.32 Å². The molecule has 1 heterocycles. The number of ketones is 1. The highest BCUT2D eigenvalue weighted by atomic mass is 19.4. The highest BCUT2D eigenvalue weighted by Gasteiger charge is 2.39. The van der Waals surface area contributed by atoms with Gasteiger partial charge in [0.25, 0.3) is 0 Å². The van der Waals surface area contributed by atoms with Gasteiger partial charge in [-0.25, -0.2) is 0 Å². The van der Waals surface area contributed by atoms with Crippen LogP contribution >= 0.6 is 0 Å². The van der Waals surface area contributed by atoms with Gasteiger partial charge in [0.2, 0.25) is 0 Å². The molecule has 3 atom stereocenters. The van der Waals surface area contributed by atoms with E-state index in [4.69, 9.17) is 0 Å². The van der Waals surface area contributed by atoms with Crippen LogP contribution in [0.15, 0.2) is 24.3 Å². The first-order valence-corrected chi connectivity index (χ1v) is 7.39.